The minimum atomic E-state index is -1.13. The SMILES string of the molecule is CC(OC(=O)c1ccccc1Cc1ccccc1)C(=O)NC(N)=O. The molecule has 0 saturated carbocycles. The maximum Gasteiger partial charge on any atom is 0.339 e. The van der Waals surface area contributed by atoms with Gasteiger partial charge in [-0.1, -0.05) is 48.5 Å². The highest BCUT2D eigenvalue weighted by Gasteiger charge is 2.21. The molecule has 0 aliphatic carbocycles. The van der Waals surface area contributed by atoms with Gasteiger partial charge in [-0.05, 0) is 30.5 Å². The molecule has 0 bridgehead atoms. The van der Waals surface area contributed by atoms with Crippen LogP contribution in [0, 0.1) is 0 Å². The molecule has 24 heavy (non-hydrogen) atoms. The Morgan fingerprint density at radius 3 is 2.33 bits per heavy atom. The number of benzene rings is 2. The van der Waals surface area contributed by atoms with E-state index in [2.05, 4.69) is 0 Å². The van der Waals surface area contributed by atoms with Gasteiger partial charge in [-0.15, -0.1) is 0 Å². The highest BCUT2D eigenvalue weighted by atomic mass is 16.5. The van der Waals surface area contributed by atoms with E-state index in [0.717, 1.165) is 11.1 Å². The molecule has 2 rings (SSSR count). The monoisotopic (exact) mass is 326 g/mol. The van der Waals surface area contributed by atoms with Crippen molar-refractivity contribution in [1.82, 2.24) is 5.32 Å². The number of carbonyl (C=O) groups excluding carboxylic acids is 3. The summed E-state index contributed by atoms with van der Waals surface area (Å²) >= 11 is 0. The number of carbonyl (C=O) groups is 3. The molecule has 0 aliphatic heterocycles. The molecule has 3 amide bonds. The minimum Gasteiger partial charge on any atom is -0.449 e. The number of ether oxygens (including phenoxy) is 1. The summed E-state index contributed by atoms with van der Waals surface area (Å²) in [4.78, 5) is 34.6. The number of imide groups is 1. The van der Waals surface area contributed by atoms with E-state index in [4.69, 9.17) is 10.5 Å². The molecular formula is C18H18N2O4. The first-order valence-electron chi connectivity index (χ1n) is 7.40. The second kappa shape index (κ2) is 7.92. The summed E-state index contributed by atoms with van der Waals surface area (Å²) in [5, 5.41) is 1.88. The quantitative estimate of drug-likeness (QED) is 0.821. The van der Waals surface area contributed by atoms with Crippen LogP contribution in [0.3, 0.4) is 0 Å². The number of rotatable bonds is 5. The Labute approximate surface area is 139 Å². The Bertz CT molecular complexity index is 744. The third-order valence-corrected chi connectivity index (χ3v) is 3.37. The van der Waals surface area contributed by atoms with Crippen LogP contribution in [0.15, 0.2) is 54.6 Å². The summed E-state index contributed by atoms with van der Waals surface area (Å²) in [6.45, 7) is 1.37. The number of urea groups is 1. The largest absolute Gasteiger partial charge is 0.449 e. The van der Waals surface area contributed by atoms with Gasteiger partial charge >= 0.3 is 12.0 Å². The van der Waals surface area contributed by atoms with Gasteiger partial charge in [-0.2, -0.15) is 0 Å². The van der Waals surface area contributed by atoms with Crippen LogP contribution in [-0.2, 0) is 16.0 Å². The highest BCUT2D eigenvalue weighted by Crippen LogP contribution is 2.16. The molecule has 6 nitrogen and oxygen atoms in total. The van der Waals surface area contributed by atoms with Gasteiger partial charge in [0.05, 0.1) is 5.56 Å². The maximum absolute atomic E-state index is 12.3. The Hall–Kier alpha value is -3.15. The molecule has 124 valence electrons. The molecule has 2 aromatic rings. The van der Waals surface area contributed by atoms with Crippen LogP contribution >= 0.6 is 0 Å². The topological polar surface area (TPSA) is 98.5 Å². The number of hydrogen-bond acceptors (Lipinski definition) is 4. The molecule has 0 radical (unpaired) electrons. The average molecular weight is 326 g/mol. The second-order valence-corrected chi connectivity index (χ2v) is 5.22. The van der Waals surface area contributed by atoms with Crippen molar-refractivity contribution >= 4 is 17.9 Å². The zero-order valence-corrected chi connectivity index (χ0v) is 13.2. The fraction of sp³-hybridized carbons (Fsp3) is 0.167. The molecular weight excluding hydrogens is 308 g/mol. The van der Waals surface area contributed by atoms with E-state index in [9.17, 15) is 14.4 Å². The number of amides is 3. The third-order valence-electron chi connectivity index (χ3n) is 3.37. The van der Waals surface area contributed by atoms with Crippen molar-refractivity contribution in [3.63, 3.8) is 0 Å². The standard InChI is InChI=1S/C18H18N2O4/c1-12(16(21)20-18(19)23)24-17(22)15-10-6-5-9-14(15)11-13-7-3-2-4-8-13/h2-10,12H,11H2,1H3,(H3,19,20,21,23). The smallest absolute Gasteiger partial charge is 0.339 e. The summed E-state index contributed by atoms with van der Waals surface area (Å²) in [5.41, 5.74) is 7.09. The van der Waals surface area contributed by atoms with E-state index < -0.39 is 24.0 Å². The summed E-state index contributed by atoms with van der Waals surface area (Å²) in [6, 6.07) is 15.7. The Balaban J connectivity index is 2.12. The lowest BCUT2D eigenvalue weighted by molar-refractivity contribution is -0.127. The molecule has 0 heterocycles. The molecule has 1 unspecified atom stereocenters. The van der Waals surface area contributed by atoms with Gasteiger partial charge in [0.1, 0.15) is 0 Å². The first-order valence-corrected chi connectivity index (χ1v) is 7.40. The summed E-state index contributed by atoms with van der Waals surface area (Å²) < 4.78 is 5.12. The molecule has 1 atom stereocenters. The lowest BCUT2D eigenvalue weighted by atomic mass is 10.00. The molecule has 0 aromatic heterocycles. The lowest BCUT2D eigenvalue weighted by Crippen LogP contribution is -2.42. The second-order valence-electron chi connectivity index (χ2n) is 5.22. The van der Waals surface area contributed by atoms with Gasteiger partial charge in [0, 0.05) is 0 Å². The Morgan fingerprint density at radius 1 is 1.04 bits per heavy atom. The molecule has 0 spiro atoms. The van der Waals surface area contributed by atoms with Gasteiger partial charge in [-0.25, -0.2) is 9.59 Å². The number of nitrogens with one attached hydrogen (secondary N) is 1. The van der Waals surface area contributed by atoms with Crippen molar-refractivity contribution in [3.8, 4) is 0 Å². The van der Waals surface area contributed by atoms with E-state index in [-0.39, 0.29) is 0 Å². The van der Waals surface area contributed by atoms with Crippen molar-refractivity contribution in [2.45, 2.75) is 19.4 Å². The van der Waals surface area contributed by atoms with E-state index in [0.29, 0.717) is 12.0 Å². The molecule has 0 aliphatic rings. The minimum absolute atomic E-state index is 0.375. The molecule has 2 aromatic carbocycles. The zero-order chi connectivity index (χ0) is 17.5. The summed E-state index contributed by atoms with van der Waals surface area (Å²) in [5.74, 6) is -1.40. The number of nitrogens with two attached hydrogens (primary N) is 1. The van der Waals surface area contributed by atoms with E-state index in [1.165, 1.54) is 6.92 Å². The Kier molecular flexibility index (Phi) is 5.68. The van der Waals surface area contributed by atoms with Crippen LogP contribution < -0.4 is 11.1 Å². The van der Waals surface area contributed by atoms with Crippen molar-refractivity contribution in [3.05, 3.63) is 71.3 Å². The summed E-state index contributed by atoms with van der Waals surface area (Å²) in [7, 11) is 0. The van der Waals surface area contributed by atoms with Gasteiger partial charge in [-0.3, -0.25) is 10.1 Å². The van der Waals surface area contributed by atoms with Crippen LogP contribution in [0.5, 0.6) is 0 Å². The predicted octanol–water partition coefficient (Wildman–Crippen LogP) is 2.02. The van der Waals surface area contributed by atoms with Crippen LogP contribution in [0.1, 0.15) is 28.4 Å². The van der Waals surface area contributed by atoms with Crippen molar-refractivity contribution < 1.29 is 19.1 Å². The van der Waals surface area contributed by atoms with E-state index in [1.54, 1.807) is 12.1 Å². The number of esters is 1. The van der Waals surface area contributed by atoms with Crippen LogP contribution in [0.25, 0.3) is 0 Å². The molecule has 0 fully saturated rings. The molecule has 0 saturated heterocycles. The van der Waals surface area contributed by atoms with Gasteiger partial charge in [0.15, 0.2) is 6.10 Å². The average Bonchev–Trinajstić information content (AvgIpc) is 2.55. The van der Waals surface area contributed by atoms with Crippen molar-refractivity contribution in [1.29, 1.82) is 0 Å². The van der Waals surface area contributed by atoms with Crippen LogP contribution in [-0.4, -0.2) is 24.0 Å². The molecule has 3 N–H and O–H groups in total. The predicted molar refractivity (Wildman–Crippen MR) is 88.3 cm³/mol. The fourth-order valence-corrected chi connectivity index (χ4v) is 2.19. The van der Waals surface area contributed by atoms with Crippen LogP contribution in [0.4, 0.5) is 4.79 Å². The van der Waals surface area contributed by atoms with Crippen molar-refractivity contribution in [2.24, 2.45) is 5.73 Å². The van der Waals surface area contributed by atoms with Crippen molar-refractivity contribution in [2.75, 3.05) is 0 Å². The van der Waals surface area contributed by atoms with E-state index >= 15 is 0 Å². The van der Waals surface area contributed by atoms with Gasteiger partial charge in [0.25, 0.3) is 5.91 Å². The number of hydrogen-bond donors (Lipinski definition) is 2. The highest BCUT2D eigenvalue weighted by molar-refractivity contribution is 5.98. The zero-order valence-electron chi connectivity index (χ0n) is 13.2. The first-order chi connectivity index (χ1) is 11.5. The fourth-order valence-electron chi connectivity index (χ4n) is 2.19. The van der Waals surface area contributed by atoms with Gasteiger partial charge < -0.3 is 10.5 Å². The first kappa shape index (κ1) is 17.2. The Morgan fingerprint density at radius 2 is 1.67 bits per heavy atom. The van der Waals surface area contributed by atoms with E-state index in [1.807, 2.05) is 47.8 Å². The van der Waals surface area contributed by atoms with Crippen LogP contribution in [0.2, 0.25) is 0 Å². The lowest BCUT2D eigenvalue weighted by Gasteiger charge is -2.14. The van der Waals surface area contributed by atoms with Gasteiger partial charge in [0.2, 0.25) is 0 Å². The maximum atomic E-state index is 12.3. The molecule has 6 heteroatoms. The normalized spacial score (nSPS) is 11.4. The summed E-state index contributed by atoms with van der Waals surface area (Å²) in [6.07, 6.45) is -0.566. The third kappa shape index (κ3) is 4.67. The number of primary amides is 1.